The van der Waals surface area contributed by atoms with E-state index in [0.717, 1.165) is 5.56 Å². The van der Waals surface area contributed by atoms with Crippen molar-refractivity contribution in [2.45, 2.75) is 18.4 Å². The maximum Gasteiger partial charge on any atom is 0.226 e. The Morgan fingerprint density at radius 3 is 2.58 bits per heavy atom. The number of likely N-dealkylation sites (tertiary alicyclic amines) is 1. The van der Waals surface area contributed by atoms with Gasteiger partial charge in [0, 0.05) is 25.0 Å². The second-order valence-corrected chi connectivity index (χ2v) is 6.01. The lowest BCUT2D eigenvalue weighted by Gasteiger charge is -2.17. The highest BCUT2D eigenvalue weighted by Crippen LogP contribution is 2.26. The molecule has 0 bridgehead atoms. The third-order valence-electron chi connectivity index (χ3n) is 4.36. The van der Waals surface area contributed by atoms with Crippen LogP contribution in [0.5, 0.6) is 5.75 Å². The Bertz CT molecular complexity index is 693. The van der Waals surface area contributed by atoms with E-state index >= 15 is 0 Å². The maximum atomic E-state index is 13.5. The van der Waals surface area contributed by atoms with E-state index in [0.29, 0.717) is 13.1 Å². The fourth-order valence-electron chi connectivity index (χ4n) is 3.05. The van der Waals surface area contributed by atoms with Crippen molar-refractivity contribution in [3.8, 4) is 5.75 Å². The Morgan fingerprint density at radius 2 is 1.83 bits per heavy atom. The number of para-hydroxylation sites is 1. The molecule has 1 aliphatic rings. The van der Waals surface area contributed by atoms with E-state index in [-0.39, 0.29) is 36.6 Å². The third-order valence-corrected chi connectivity index (χ3v) is 4.36. The average molecular weight is 328 g/mol. The Labute approximate surface area is 141 Å². The predicted octanol–water partition coefficient (Wildman–Crippen LogP) is 2.55. The van der Waals surface area contributed by atoms with Gasteiger partial charge >= 0.3 is 0 Å². The third kappa shape index (κ3) is 3.74. The van der Waals surface area contributed by atoms with Crippen molar-refractivity contribution in [3.05, 3.63) is 66.0 Å². The van der Waals surface area contributed by atoms with E-state index in [9.17, 15) is 9.18 Å². The summed E-state index contributed by atoms with van der Waals surface area (Å²) in [7, 11) is 0. The molecule has 1 saturated heterocycles. The molecular weight excluding hydrogens is 307 g/mol. The number of hydrogen-bond acceptors (Lipinski definition) is 3. The molecule has 5 heteroatoms. The second kappa shape index (κ2) is 7.45. The first-order valence-electron chi connectivity index (χ1n) is 8.11. The molecule has 1 fully saturated rings. The number of hydrogen-bond donors (Lipinski definition) is 1. The van der Waals surface area contributed by atoms with Gasteiger partial charge in [-0.1, -0.05) is 42.5 Å². The number of nitrogens with zero attached hydrogens (tertiary/aromatic N) is 1. The van der Waals surface area contributed by atoms with Crippen LogP contribution >= 0.6 is 0 Å². The van der Waals surface area contributed by atoms with Gasteiger partial charge in [-0.25, -0.2) is 4.39 Å². The van der Waals surface area contributed by atoms with Crippen LogP contribution in [0.25, 0.3) is 0 Å². The number of nitrogens with two attached hydrogens (primary N) is 1. The van der Waals surface area contributed by atoms with Crippen molar-refractivity contribution in [1.29, 1.82) is 0 Å². The molecule has 2 N–H and O–H groups in total. The zero-order chi connectivity index (χ0) is 16.9. The van der Waals surface area contributed by atoms with Gasteiger partial charge in [-0.2, -0.15) is 0 Å². The molecule has 0 saturated carbocycles. The van der Waals surface area contributed by atoms with Crippen LogP contribution in [0.2, 0.25) is 0 Å². The number of carbonyl (C=O) groups is 1. The second-order valence-electron chi connectivity index (χ2n) is 6.01. The Morgan fingerprint density at radius 1 is 1.12 bits per heavy atom. The molecule has 3 rings (SSSR count). The molecule has 0 aliphatic carbocycles. The van der Waals surface area contributed by atoms with Gasteiger partial charge in [-0.05, 0) is 17.7 Å². The SMILES string of the molecule is N[C@@H]1CN(C(=O)CCOc2ccccc2F)C[C@H]1c1ccccc1. The normalized spacial score (nSPS) is 20.2. The van der Waals surface area contributed by atoms with Crippen molar-refractivity contribution < 1.29 is 13.9 Å². The van der Waals surface area contributed by atoms with Gasteiger partial charge < -0.3 is 15.4 Å². The number of ether oxygens (including phenoxy) is 1. The number of rotatable bonds is 5. The fourth-order valence-corrected chi connectivity index (χ4v) is 3.05. The molecule has 24 heavy (non-hydrogen) atoms. The number of halogens is 1. The van der Waals surface area contributed by atoms with E-state index in [1.807, 2.05) is 30.3 Å². The zero-order valence-corrected chi connectivity index (χ0v) is 13.4. The van der Waals surface area contributed by atoms with Crippen molar-refractivity contribution in [2.24, 2.45) is 5.73 Å². The molecule has 1 amide bonds. The van der Waals surface area contributed by atoms with Crippen LogP contribution in [0, 0.1) is 5.82 Å². The molecule has 1 aliphatic heterocycles. The number of benzene rings is 2. The fraction of sp³-hybridized carbons (Fsp3) is 0.316. The Kier molecular flexibility index (Phi) is 5.11. The molecule has 1 heterocycles. The van der Waals surface area contributed by atoms with Crippen LogP contribution in [-0.2, 0) is 4.79 Å². The Hall–Kier alpha value is -2.40. The van der Waals surface area contributed by atoms with Crippen LogP contribution in [0.4, 0.5) is 4.39 Å². The monoisotopic (exact) mass is 328 g/mol. The van der Waals surface area contributed by atoms with Crippen molar-refractivity contribution in [2.75, 3.05) is 19.7 Å². The highest BCUT2D eigenvalue weighted by molar-refractivity contribution is 5.77. The minimum absolute atomic E-state index is 0.0137. The van der Waals surface area contributed by atoms with Gasteiger partial charge in [-0.3, -0.25) is 4.79 Å². The lowest BCUT2D eigenvalue weighted by Crippen LogP contribution is -2.32. The largest absolute Gasteiger partial charge is 0.490 e. The van der Waals surface area contributed by atoms with Gasteiger partial charge in [0.15, 0.2) is 11.6 Å². The standard InChI is InChI=1S/C19H21FN2O2/c20-16-8-4-5-9-18(16)24-11-10-19(23)22-12-15(17(21)13-22)14-6-2-1-3-7-14/h1-9,15,17H,10-13,21H2/t15-,17+/m0/s1. The first-order valence-corrected chi connectivity index (χ1v) is 8.11. The zero-order valence-electron chi connectivity index (χ0n) is 13.4. The summed E-state index contributed by atoms with van der Waals surface area (Å²) in [6.07, 6.45) is 0.211. The maximum absolute atomic E-state index is 13.5. The van der Waals surface area contributed by atoms with Gasteiger partial charge in [-0.15, -0.1) is 0 Å². The molecule has 126 valence electrons. The molecular formula is C19H21FN2O2. The number of carbonyl (C=O) groups excluding carboxylic acids is 1. The van der Waals surface area contributed by atoms with Gasteiger partial charge in [0.05, 0.1) is 13.0 Å². The van der Waals surface area contributed by atoms with Crippen LogP contribution in [0.15, 0.2) is 54.6 Å². The summed E-state index contributed by atoms with van der Waals surface area (Å²) >= 11 is 0. The molecule has 0 radical (unpaired) electrons. The summed E-state index contributed by atoms with van der Waals surface area (Å²) in [6, 6.07) is 16.1. The first kappa shape index (κ1) is 16.5. The van der Waals surface area contributed by atoms with Gasteiger partial charge in [0.25, 0.3) is 0 Å². The quantitative estimate of drug-likeness (QED) is 0.918. The van der Waals surface area contributed by atoms with Crippen LogP contribution in [0.1, 0.15) is 17.9 Å². The topological polar surface area (TPSA) is 55.6 Å². The smallest absolute Gasteiger partial charge is 0.226 e. The molecule has 0 unspecified atom stereocenters. The lowest BCUT2D eigenvalue weighted by molar-refractivity contribution is -0.130. The van der Waals surface area contributed by atoms with Crippen molar-refractivity contribution >= 4 is 5.91 Å². The molecule has 4 nitrogen and oxygen atoms in total. The summed E-state index contributed by atoms with van der Waals surface area (Å²) in [5, 5.41) is 0. The summed E-state index contributed by atoms with van der Waals surface area (Å²) in [6.45, 7) is 1.31. The summed E-state index contributed by atoms with van der Waals surface area (Å²) < 4.78 is 18.8. The summed E-state index contributed by atoms with van der Waals surface area (Å²) in [5.41, 5.74) is 7.36. The molecule has 2 aromatic rings. The van der Waals surface area contributed by atoms with E-state index in [1.165, 1.54) is 6.07 Å². The number of amides is 1. The van der Waals surface area contributed by atoms with Crippen molar-refractivity contribution in [3.63, 3.8) is 0 Å². The average Bonchev–Trinajstić information content (AvgIpc) is 2.99. The molecule has 2 aromatic carbocycles. The first-order chi connectivity index (χ1) is 11.6. The minimum atomic E-state index is -0.419. The van der Waals surface area contributed by atoms with Gasteiger partial charge in [0.2, 0.25) is 5.91 Å². The highest BCUT2D eigenvalue weighted by Gasteiger charge is 2.33. The van der Waals surface area contributed by atoms with E-state index in [1.54, 1.807) is 23.1 Å². The minimum Gasteiger partial charge on any atom is -0.490 e. The lowest BCUT2D eigenvalue weighted by atomic mass is 9.95. The Balaban J connectivity index is 1.52. The van der Waals surface area contributed by atoms with Crippen molar-refractivity contribution in [1.82, 2.24) is 4.90 Å². The molecule has 0 spiro atoms. The molecule has 2 atom stereocenters. The summed E-state index contributed by atoms with van der Waals surface area (Å²) in [4.78, 5) is 14.1. The van der Waals surface area contributed by atoms with E-state index in [4.69, 9.17) is 10.5 Å². The van der Waals surface area contributed by atoms with E-state index in [2.05, 4.69) is 0 Å². The van der Waals surface area contributed by atoms with E-state index < -0.39 is 5.82 Å². The predicted molar refractivity (Wildman–Crippen MR) is 90.3 cm³/mol. The van der Waals surface area contributed by atoms with Crippen LogP contribution in [-0.4, -0.2) is 36.5 Å². The van der Waals surface area contributed by atoms with Gasteiger partial charge in [0.1, 0.15) is 0 Å². The summed E-state index contributed by atoms with van der Waals surface area (Å²) in [5.74, 6) is -0.106. The molecule has 0 aromatic heterocycles. The highest BCUT2D eigenvalue weighted by atomic mass is 19.1. The van der Waals surface area contributed by atoms with Crippen LogP contribution < -0.4 is 10.5 Å². The van der Waals surface area contributed by atoms with Crippen LogP contribution in [0.3, 0.4) is 0 Å².